The van der Waals surface area contributed by atoms with Crippen molar-refractivity contribution in [3.8, 4) is 5.75 Å². The molecule has 0 aromatic heterocycles. The van der Waals surface area contributed by atoms with Gasteiger partial charge < -0.3 is 14.5 Å². The lowest BCUT2D eigenvalue weighted by atomic mass is 10.1. The van der Waals surface area contributed by atoms with Gasteiger partial charge in [-0.15, -0.1) is 0 Å². The fourth-order valence-corrected chi connectivity index (χ4v) is 2.76. The molecule has 1 unspecified atom stereocenters. The number of hydrogen-bond acceptors (Lipinski definition) is 4. The summed E-state index contributed by atoms with van der Waals surface area (Å²) in [5.41, 5.74) is 0. The highest BCUT2D eigenvalue weighted by Gasteiger charge is 2.42. The summed E-state index contributed by atoms with van der Waals surface area (Å²) in [4.78, 5) is 39.9. The number of urea groups is 1. The SMILES string of the molecule is CN(CCCOc1ccccc1Cl)C(=O)CC1C(=O)N(C)C(=O)N1C. The Morgan fingerprint density at radius 3 is 2.56 bits per heavy atom. The maximum Gasteiger partial charge on any atom is 0.326 e. The smallest absolute Gasteiger partial charge is 0.326 e. The zero-order chi connectivity index (χ0) is 18.6. The van der Waals surface area contributed by atoms with Gasteiger partial charge in [-0.25, -0.2) is 4.79 Å². The van der Waals surface area contributed by atoms with Crippen LogP contribution in [0.15, 0.2) is 24.3 Å². The van der Waals surface area contributed by atoms with Crippen molar-refractivity contribution in [3.05, 3.63) is 29.3 Å². The molecule has 0 N–H and O–H groups in total. The minimum atomic E-state index is -0.730. The van der Waals surface area contributed by atoms with Crippen LogP contribution in [0.3, 0.4) is 0 Å². The van der Waals surface area contributed by atoms with E-state index in [4.69, 9.17) is 16.3 Å². The highest BCUT2D eigenvalue weighted by Crippen LogP contribution is 2.23. The van der Waals surface area contributed by atoms with Crippen molar-refractivity contribution in [2.24, 2.45) is 0 Å². The molecule has 0 radical (unpaired) electrons. The van der Waals surface area contributed by atoms with E-state index in [1.807, 2.05) is 12.1 Å². The standard InChI is InChI=1S/C17H22ClN3O4/c1-19(9-6-10-25-14-8-5-4-7-12(14)18)15(22)11-13-16(23)21(3)17(24)20(13)2/h4-5,7-8,13H,6,9-11H2,1-3H3. The van der Waals surface area contributed by atoms with Gasteiger partial charge in [-0.1, -0.05) is 23.7 Å². The van der Waals surface area contributed by atoms with Gasteiger partial charge in [0, 0.05) is 27.7 Å². The van der Waals surface area contributed by atoms with Gasteiger partial charge in [-0.3, -0.25) is 14.5 Å². The number of hydrogen-bond donors (Lipinski definition) is 0. The topological polar surface area (TPSA) is 70.2 Å². The zero-order valence-electron chi connectivity index (χ0n) is 14.6. The van der Waals surface area contributed by atoms with E-state index in [0.717, 1.165) is 4.90 Å². The lowest BCUT2D eigenvalue weighted by molar-refractivity contribution is -0.135. The van der Waals surface area contributed by atoms with Gasteiger partial charge in [-0.05, 0) is 18.6 Å². The van der Waals surface area contributed by atoms with Crippen LogP contribution in [-0.2, 0) is 9.59 Å². The van der Waals surface area contributed by atoms with Crippen LogP contribution in [0.1, 0.15) is 12.8 Å². The second-order valence-corrected chi connectivity index (χ2v) is 6.37. The summed E-state index contributed by atoms with van der Waals surface area (Å²) in [6.45, 7) is 0.905. The summed E-state index contributed by atoms with van der Waals surface area (Å²) < 4.78 is 5.58. The summed E-state index contributed by atoms with van der Waals surface area (Å²) in [5, 5.41) is 0.545. The van der Waals surface area contributed by atoms with Gasteiger partial charge in [-0.2, -0.15) is 0 Å². The molecular weight excluding hydrogens is 346 g/mol. The van der Waals surface area contributed by atoms with Crippen LogP contribution >= 0.6 is 11.6 Å². The van der Waals surface area contributed by atoms with E-state index in [1.165, 1.54) is 19.0 Å². The molecule has 1 aromatic rings. The van der Waals surface area contributed by atoms with Crippen LogP contribution in [0.2, 0.25) is 5.02 Å². The van der Waals surface area contributed by atoms with E-state index >= 15 is 0 Å². The maximum absolute atomic E-state index is 12.3. The third-order valence-electron chi connectivity index (χ3n) is 4.20. The molecule has 0 bridgehead atoms. The first-order chi connectivity index (χ1) is 11.8. The molecule has 8 heteroatoms. The molecule has 136 valence electrons. The van der Waals surface area contributed by atoms with Gasteiger partial charge in [0.05, 0.1) is 18.1 Å². The van der Waals surface area contributed by atoms with Crippen molar-refractivity contribution < 1.29 is 19.1 Å². The predicted octanol–water partition coefficient (Wildman–Crippen LogP) is 1.85. The molecule has 25 heavy (non-hydrogen) atoms. The summed E-state index contributed by atoms with van der Waals surface area (Å²) in [6.07, 6.45) is 0.605. The third-order valence-corrected chi connectivity index (χ3v) is 4.51. The molecule has 0 saturated carbocycles. The number of imide groups is 1. The fourth-order valence-electron chi connectivity index (χ4n) is 2.57. The molecular formula is C17H22ClN3O4. The molecule has 0 spiro atoms. The van der Waals surface area contributed by atoms with E-state index < -0.39 is 12.1 Å². The van der Waals surface area contributed by atoms with Crippen molar-refractivity contribution in [1.82, 2.24) is 14.7 Å². The van der Waals surface area contributed by atoms with Crippen LogP contribution in [0.25, 0.3) is 0 Å². The molecule has 1 heterocycles. The van der Waals surface area contributed by atoms with Gasteiger partial charge >= 0.3 is 6.03 Å². The predicted molar refractivity (Wildman–Crippen MR) is 93.5 cm³/mol. The summed E-state index contributed by atoms with van der Waals surface area (Å²) in [7, 11) is 4.61. The minimum Gasteiger partial charge on any atom is -0.492 e. The Labute approximate surface area is 152 Å². The Kier molecular flexibility index (Phi) is 6.25. The molecule has 4 amide bonds. The summed E-state index contributed by atoms with van der Waals surface area (Å²) in [6, 6.07) is 6.08. The molecule has 7 nitrogen and oxygen atoms in total. The van der Waals surface area contributed by atoms with Crippen LogP contribution in [0.4, 0.5) is 4.79 Å². The van der Waals surface area contributed by atoms with Gasteiger partial charge in [0.2, 0.25) is 5.91 Å². The highest BCUT2D eigenvalue weighted by atomic mass is 35.5. The quantitative estimate of drug-likeness (QED) is 0.544. The Morgan fingerprint density at radius 1 is 1.28 bits per heavy atom. The first-order valence-electron chi connectivity index (χ1n) is 7.98. The molecule has 1 fully saturated rings. The number of amides is 4. The largest absolute Gasteiger partial charge is 0.492 e. The number of carbonyl (C=O) groups excluding carboxylic acids is 3. The van der Waals surface area contributed by atoms with Gasteiger partial charge in [0.25, 0.3) is 5.91 Å². The lowest BCUT2D eigenvalue weighted by Crippen LogP contribution is -2.38. The molecule has 0 aliphatic carbocycles. The van der Waals surface area contributed by atoms with E-state index in [-0.39, 0.29) is 18.2 Å². The van der Waals surface area contributed by atoms with E-state index in [1.54, 1.807) is 24.1 Å². The van der Waals surface area contributed by atoms with Gasteiger partial charge in [0.15, 0.2) is 0 Å². The van der Waals surface area contributed by atoms with Crippen molar-refractivity contribution in [2.75, 3.05) is 34.3 Å². The van der Waals surface area contributed by atoms with E-state index in [0.29, 0.717) is 30.3 Å². The summed E-state index contributed by atoms with van der Waals surface area (Å²) in [5.74, 6) is 0.0696. The highest BCUT2D eigenvalue weighted by molar-refractivity contribution is 6.32. The van der Waals surface area contributed by atoms with Crippen LogP contribution in [0, 0.1) is 0 Å². The maximum atomic E-state index is 12.3. The number of para-hydroxylation sites is 1. The third kappa shape index (κ3) is 4.42. The number of ether oxygens (including phenoxy) is 1. The molecule has 1 saturated heterocycles. The van der Waals surface area contributed by atoms with Gasteiger partial charge in [0.1, 0.15) is 11.8 Å². The number of rotatable bonds is 7. The number of carbonyl (C=O) groups is 3. The van der Waals surface area contributed by atoms with E-state index in [2.05, 4.69) is 0 Å². The molecule has 1 aliphatic rings. The Bertz CT molecular complexity index is 667. The molecule has 1 aromatic carbocycles. The number of likely N-dealkylation sites (N-methyl/N-ethyl adjacent to an activating group) is 2. The van der Waals surface area contributed by atoms with Crippen LogP contribution < -0.4 is 4.74 Å². The average Bonchev–Trinajstić information content (AvgIpc) is 2.77. The first kappa shape index (κ1) is 19.1. The van der Waals surface area contributed by atoms with Crippen LogP contribution in [-0.4, -0.2) is 72.9 Å². The Balaban J connectivity index is 1.76. The van der Waals surface area contributed by atoms with Crippen LogP contribution in [0.5, 0.6) is 5.75 Å². The summed E-state index contributed by atoms with van der Waals surface area (Å²) >= 11 is 6.00. The van der Waals surface area contributed by atoms with Crippen molar-refractivity contribution >= 4 is 29.4 Å². The Hall–Kier alpha value is -2.28. The minimum absolute atomic E-state index is 0.0206. The lowest BCUT2D eigenvalue weighted by Gasteiger charge is -2.21. The molecule has 1 atom stereocenters. The first-order valence-corrected chi connectivity index (χ1v) is 8.36. The van der Waals surface area contributed by atoms with Crippen molar-refractivity contribution in [3.63, 3.8) is 0 Å². The number of nitrogens with zero attached hydrogens (tertiary/aromatic N) is 3. The average molecular weight is 368 g/mol. The molecule has 2 rings (SSSR count). The molecule has 1 aliphatic heterocycles. The van der Waals surface area contributed by atoms with E-state index in [9.17, 15) is 14.4 Å². The van der Waals surface area contributed by atoms with Crippen molar-refractivity contribution in [2.45, 2.75) is 18.9 Å². The number of benzene rings is 1. The second kappa shape index (κ2) is 8.20. The number of halogens is 1. The fraction of sp³-hybridized carbons (Fsp3) is 0.471. The monoisotopic (exact) mass is 367 g/mol. The zero-order valence-corrected chi connectivity index (χ0v) is 15.3. The second-order valence-electron chi connectivity index (χ2n) is 5.96. The normalized spacial score (nSPS) is 17.2. The Morgan fingerprint density at radius 2 is 1.96 bits per heavy atom. The van der Waals surface area contributed by atoms with Crippen molar-refractivity contribution in [1.29, 1.82) is 0 Å².